The van der Waals surface area contributed by atoms with E-state index in [0.29, 0.717) is 24.4 Å². The van der Waals surface area contributed by atoms with Crippen molar-refractivity contribution in [1.29, 1.82) is 0 Å². The van der Waals surface area contributed by atoms with Crippen molar-refractivity contribution in [1.82, 2.24) is 15.2 Å². The third kappa shape index (κ3) is 3.88. The molecule has 3 N–H and O–H groups in total. The molecule has 0 unspecified atom stereocenters. The first-order chi connectivity index (χ1) is 10.1. The van der Waals surface area contributed by atoms with E-state index in [1.165, 1.54) is 0 Å². The molecule has 0 bridgehead atoms. The van der Waals surface area contributed by atoms with Crippen molar-refractivity contribution in [2.45, 2.75) is 26.2 Å². The normalized spacial score (nSPS) is 10.3. The molecule has 0 aliphatic carbocycles. The van der Waals surface area contributed by atoms with Crippen molar-refractivity contribution in [3.05, 3.63) is 41.5 Å². The van der Waals surface area contributed by atoms with Gasteiger partial charge >= 0.3 is 5.97 Å². The Bertz CT molecular complexity index is 651. The molecule has 7 nitrogen and oxygen atoms in total. The highest BCUT2D eigenvalue weighted by Gasteiger charge is 2.14. The Balaban J connectivity index is 2.11. The lowest BCUT2D eigenvalue weighted by Crippen LogP contribution is -2.15. The second-order valence-electron chi connectivity index (χ2n) is 4.46. The van der Waals surface area contributed by atoms with Crippen LogP contribution in [0.3, 0.4) is 0 Å². The number of hydrogen-bond acceptors (Lipinski definition) is 4. The summed E-state index contributed by atoms with van der Waals surface area (Å²) in [6.07, 6.45) is 1.02. The zero-order chi connectivity index (χ0) is 15.2. The van der Waals surface area contributed by atoms with Crippen LogP contribution in [-0.4, -0.2) is 32.2 Å². The molecule has 1 heterocycles. The number of carboxylic acid groups (broad SMARTS) is 1. The van der Waals surface area contributed by atoms with Gasteiger partial charge in [-0.2, -0.15) is 0 Å². The summed E-state index contributed by atoms with van der Waals surface area (Å²) in [5, 5.41) is 18.0. The number of hydrogen-bond donors (Lipinski definition) is 3. The van der Waals surface area contributed by atoms with Crippen molar-refractivity contribution < 1.29 is 14.7 Å². The van der Waals surface area contributed by atoms with Crippen molar-refractivity contribution >= 4 is 17.6 Å². The molecule has 1 aromatic carbocycles. The third-order valence-corrected chi connectivity index (χ3v) is 2.94. The topological polar surface area (TPSA) is 108 Å². The molecule has 7 heteroatoms. The number of H-pyrrole nitrogens is 1. The first-order valence-corrected chi connectivity index (χ1v) is 6.62. The minimum Gasteiger partial charge on any atom is -0.481 e. The molecule has 1 amide bonds. The molecule has 1 aromatic heterocycles. The van der Waals surface area contributed by atoms with Gasteiger partial charge in [-0.3, -0.25) is 14.7 Å². The highest BCUT2D eigenvalue weighted by Crippen LogP contribution is 2.17. The second-order valence-corrected chi connectivity index (χ2v) is 4.46. The number of carboxylic acids is 1. The Morgan fingerprint density at radius 3 is 2.76 bits per heavy atom. The maximum atomic E-state index is 12.1. The summed E-state index contributed by atoms with van der Waals surface area (Å²) in [5.74, 6) is -0.592. The number of benzene rings is 1. The van der Waals surface area contributed by atoms with Crippen LogP contribution in [0.15, 0.2) is 24.3 Å². The van der Waals surface area contributed by atoms with E-state index in [0.717, 1.165) is 5.56 Å². The Hall–Kier alpha value is -2.70. The van der Waals surface area contributed by atoms with Gasteiger partial charge in [0.2, 0.25) is 5.82 Å². The quantitative estimate of drug-likeness (QED) is 0.748. The van der Waals surface area contributed by atoms with Crippen molar-refractivity contribution in [2.75, 3.05) is 5.32 Å². The van der Waals surface area contributed by atoms with E-state index in [4.69, 9.17) is 5.11 Å². The maximum Gasteiger partial charge on any atom is 0.303 e. The van der Waals surface area contributed by atoms with Crippen LogP contribution in [-0.2, 0) is 17.6 Å². The molecule has 0 radical (unpaired) electrons. The van der Waals surface area contributed by atoms with E-state index in [1.54, 1.807) is 24.3 Å². The first kappa shape index (κ1) is 14.7. The van der Waals surface area contributed by atoms with Gasteiger partial charge in [-0.05, 0) is 18.1 Å². The summed E-state index contributed by atoms with van der Waals surface area (Å²) in [6.45, 7) is 1.91. The number of para-hydroxylation sites is 1. The van der Waals surface area contributed by atoms with Crippen LogP contribution < -0.4 is 5.32 Å². The molecule has 0 aliphatic rings. The van der Waals surface area contributed by atoms with Gasteiger partial charge < -0.3 is 10.4 Å². The highest BCUT2D eigenvalue weighted by atomic mass is 16.4. The zero-order valence-corrected chi connectivity index (χ0v) is 11.6. The zero-order valence-electron chi connectivity index (χ0n) is 11.6. The third-order valence-electron chi connectivity index (χ3n) is 2.94. The molecular formula is C14H16N4O3. The van der Waals surface area contributed by atoms with Gasteiger partial charge in [0.15, 0.2) is 0 Å². The number of aliphatic carboxylic acids is 1. The molecule has 110 valence electrons. The summed E-state index contributed by atoms with van der Waals surface area (Å²) < 4.78 is 0. The largest absolute Gasteiger partial charge is 0.481 e. The molecular weight excluding hydrogens is 272 g/mol. The van der Waals surface area contributed by atoms with Gasteiger partial charge in [-0.15, -0.1) is 5.10 Å². The number of carbonyl (C=O) groups excluding carboxylic acids is 1. The number of aryl methyl sites for hydroxylation is 2. The van der Waals surface area contributed by atoms with Gasteiger partial charge in [0.25, 0.3) is 5.91 Å². The molecule has 0 fully saturated rings. The van der Waals surface area contributed by atoms with Crippen molar-refractivity contribution in [3.63, 3.8) is 0 Å². The average Bonchev–Trinajstić information content (AvgIpc) is 2.95. The molecule has 0 saturated carbocycles. The summed E-state index contributed by atoms with van der Waals surface area (Å²) >= 11 is 0. The SMILES string of the molecule is CCc1nc(C(=O)Nc2ccccc2CCC(=O)O)n[nH]1. The molecule has 0 saturated heterocycles. The van der Waals surface area contributed by atoms with E-state index in [-0.39, 0.29) is 12.2 Å². The Morgan fingerprint density at radius 2 is 2.10 bits per heavy atom. The molecule has 2 aromatic rings. The van der Waals surface area contributed by atoms with Crippen molar-refractivity contribution in [2.24, 2.45) is 0 Å². The van der Waals surface area contributed by atoms with E-state index in [2.05, 4.69) is 20.5 Å². The minimum absolute atomic E-state index is 0.00746. The van der Waals surface area contributed by atoms with E-state index in [1.807, 2.05) is 6.92 Å². The fourth-order valence-electron chi connectivity index (χ4n) is 1.84. The van der Waals surface area contributed by atoms with Crippen LogP contribution in [0.1, 0.15) is 35.4 Å². The average molecular weight is 288 g/mol. The number of nitrogens with zero attached hydrogens (tertiary/aromatic N) is 2. The van der Waals surface area contributed by atoms with E-state index >= 15 is 0 Å². The van der Waals surface area contributed by atoms with Gasteiger partial charge in [0.1, 0.15) is 5.82 Å². The lowest BCUT2D eigenvalue weighted by molar-refractivity contribution is -0.136. The van der Waals surface area contributed by atoms with Crippen LogP contribution >= 0.6 is 0 Å². The van der Waals surface area contributed by atoms with Crippen LogP contribution in [0.25, 0.3) is 0 Å². The predicted octanol–water partition coefficient (Wildman–Crippen LogP) is 1.64. The molecule has 2 rings (SSSR count). The van der Waals surface area contributed by atoms with Crippen molar-refractivity contribution in [3.8, 4) is 0 Å². The standard InChI is InChI=1S/C14H16N4O3/c1-2-11-16-13(18-17-11)14(21)15-10-6-4-3-5-9(10)7-8-12(19)20/h3-6H,2,7-8H2,1H3,(H,15,21)(H,19,20)(H,16,17,18). The number of nitrogens with one attached hydrogen (secondary N) is 2. The second kappa shape index (κ2) is 6.65. The lowest BCUT2D eigenvalue weighted by atomic mass is 10.1. The number of rotatable bonds is 6. The number of aromatic nitrogens is 3. The smallest absolute Gasteiger partial charge is 0.303 e. The fraction of sp³-hybridized carbons (Fsp3) is 0.286. The van der Waals surface area contributed by atoms with E-state index < -0.39 is 11.9 Å². The Labute approximate surface area is 121 Å². The summed E-state index contributed by atoms with van der Waals surface area (Å²) in [4.78, 5) is 26.8. The number of amides is 1. The van der Waals surface area contributed by atoms with Crippen LogP contribution in [0.5, 0.6) is 0 Å². The van der Waals surface area contributed by atoms with Crippen LogP contribution in [0.2, 0.25) is 0 Å². The van der Waals surface area contributed by atoms with Gasteiger partial charge in [0.05, 0.1) is 0 Å². The Morgan fingerprint density at radius 1 is 1.33 bits per heavy atom. The number of carbonyl (C=O) groups is 2. The molecule has 0 atom stereocenters. The summed E-state index contributed by atoms with van der Waals surface area (Å²) in [7, 11) is 0. The number of aromatic amines is 1. The molecule has 21 heavy (non-hydrogen) atoms. The fourth-order valence-corrected chi connectivity index (χ4v) is 1.84. The summed E-state index contributed by atoms with van der Waals surface area (Å²) in [5.41, 5.74) is 1.34. The van der Waals surface area contributed by atoms with Crippen LogP contribution in [0, 0.1) is 0 Å². The Kier molecular flexibility index (Phi) is 4.65. The predicted molar refractivity (Wildman–Crippen MR) is 76.1 cm³/mol. The monoisotopic (exact) mass is 288 g/mol. The van der Waals surface area contributed by atoms with Gasteiger partial charge in [0, 0.05) is 18.5 Å². The van der Waals surface area contributed by atoms with Gasteiger partial charge in [-0.25, -0.2) is 4.98 Å². The minimum atomic E-state index is -0.877. The number of anilines is 1. The molecule has 0 spiro atoms. The molecule has 0 aliphatic heterocycles. The lowest BCUT2D eigenvalue weighted by Gasteiger charge is -2.08. The maximum absolute atomic E-state index is 12.1. The van der Waals surface area contributed by atoms with Gasteiger partial charge in [-0.1, -0.05) is 25.1 Å². The van der Waals surface area contributed by atoms with Crippen LogP contribution in [0.4, 0.5) is 5.69 Å². The summed E-state index contributed by atoms with van der Waals surface area (Å²) in [6, 6.07) is 7.08. The first-order valence-electron chi connectivity index (χ1n) is 6.62. The van der Waals surface area contributed by atoms with E-state index in [9.17, 15) is 9.59 Å². The highest BCUT2D eigenvalue weighted by molar-refractivity contribution is 6.01.